The van der Waals surface area contributed by atoms with Gasteiger partial charge in [0.15, 0.2) is 0 Å². The van der Waals surface area contributed by atoms with Crippen molar-refractivity contribution in [3.63, 3.8) is 0 Å². The Balaban J connectivity index is 0.000000561. The molecule has 12 heavy (non-hydrogen) atoms. The molecule has 0 heterocycles. The number of nitrogens with two attached hydrogens (primary N) is 1. The van der Waals surface area contributed by atoms with Gasteiger partial charge in [0.1, 0.15) is 6.29 Å². The maximum absolute atomic E-state index is 10.2. The van der Waals surface area contributed by atoms with Crippen molar-refractivity contribution in [2.45, 2.75) is 6.54 Å². The molecule has 3 heteroatoms. The van der Waals surface area contributed by atoms with Crippen LogP contribution in [0.5, 0.6) is 0 Å². The molecule has 0 spiro atoms. The largest absolute Gasteiger partial charge is 0.400 e. The molecule has 3 nitrogen and oxygen atoms in total. The molecule has 66 valence electrons. The summed E-state index contributed by atoms with van der Waals surface area (Å²) in [5, 5.41) is 7.00. The van der Waals surface area contributed by atoms with Gasteiger partial charge in [0, 0.05) is 19.2 Å². The first-order valence-electron chi connectivity index (χ1n) is 3.55. The molecule has 1 rings (SSSR count). The fourth-order valence-corrected chi connectivity index (χ4v) is 0.793. The van der Waals surface area contributed by atoms with E-state index in [1.54, 1.807) is 12.1 Å². The molecule has 0 saturated heterocycles. The lowest BCUT2D eigenvalue weighted by molar-refractivity contribution is 0.112. The molecular weight excluding hydrogens is 154 g/mol. The summed E-state index contributed by atoms with van der Waals surface area (Å²) in [5.41, 5.74) is 7.03. The first kappa shape index (κ1) is 10.8. The predicted molar refractivity (Wildman–Crippen MR) is 47.9 cm³/mol. The number of rotatable bonds is 2. The molecule has 1 aromatic carbocycles. The number of carbonyl (C=O) groups excluding carboxylic acids is 1. The summed E-state index contributed by atoms with van der Waals surface area (Å²) in [7, 11) is 1.00. The second kappa shape index (κ2) is 6.52. The highest BCUT2D eigenvalue weighted by Crippen LogP contribution is 2.00. The van der Waals surface area contributed by atoms with Crippen molar-refractivity contribution in [1.29, 1.82) is 0 Å². The van der Waals surface area contributed by atoms with Crippen LogP contribution in [0.3, 0.4) is 0 Å². The zero-order valence-corrected chi connectivity index (χ0v) is 7.03. The molecule has 0 aliphatic rings. The third kappa shape index (κ3) is 3.27. The van der Waals surface area contributed by atoms with Crippen molar-refractivity contribution in [3.8, 4) is 0 Å². The molecule has 0 saturated carbocycles. The highest BCUT2D eigenvalue weighted by atomic mass is 16.2. The normalized spacial score (nSPS) is 8.25. The topological polar surface area (TPSA) is 63.3 Å². The molecule has 0 aromatic heterocycles. The minimum absolute atomic E-state index is 0.488. The Kier molecular flexibility index (Phi) is 5.87. The SMILES string of the molecule is CO.NCc1cccc(C=O)c1. The van der Waals surface area contributed by atoms with E-state index < -0.39 is 0 Å². The second-order valence-corrected chi connectivity index (χ2v) is 2.07. The van der Waals surface area contributed by atoms with Gasteiger partial charge >= 0.3 is 0 Å². The standard InChI is InChI=1S/C8H9NO.CH4O/c9-5-7-2-1-3-8(4-7)6-10;1-2/h1-4,6H,5,9H2;2H,1H3. The van der Waals surface area contributed by atoms with Crippen molar-refractivity contribution in [2.24, 2.45) is 5.73 Å². The quantitative estimate of drug-likeness (QED) is 0.633. The molecule has 0 aliphatic heterocycles. The Morgan fingerprint density at radius 1 is 1.50 bits per heavy atom. The molecule has 0 aliphatic carbocycles. The molecule has 3 N–H and O–H groups in total. The van der Waals surface area contributed by atoms with Crippen LogP contribution in [0, 0.1) is 0 Å². The average molecular weight is 167 g/mol. The van der Waals surface area contributed by atoms with Crippen LogP contribution in [0.25, 0.3) is 0 Å². The van der Waals surface area contributed by atoms with Gasteiger partial charge in [0.05, 0.1) is 0 Å². The van der Waals surface area contributed by atoms with Crippen molar-refractivity contribution >= 4 is 6.29 Å². The highest BCUT2D eigenvalue weighted by Gasteiger charge is 1.90. The summed E-state index contributed by atoms with van der Waals surface area (Å²) >= 11 is 0. The van der Waals surface area contributed by atoms with Crippen LogP contribution < -0.4 is 5.73 Å². The Morgan fingerprint density at radius 2 is 2.17 bits per heavy atom. The zero-order chi connectivity index (χ0) is 9.40. The maximum atomic E-state index is 10.2. The van der Waals surface area contributed by atoms with Gasteiger partial charge in [-0.15, -0.1) is 0 Å². The number of carbonyl (C=O) groups is 1. The van der Waals surface area contributed by atoms with Crippen molar-refractivity contribution in [1.82, 2.24) is 0 Å². The maximum Gasteiger partial charge on any atom is 0.150 e. The van der Waals surface area contributed by atoms with Gasteiger partial charge in [-0.1, -0.05) is 18.2 Å². The Bertz CT molecular complexity index is 236. The lowest BCUT2D eigenvalue weighted by Gasteiger charge is -1.94. The number of aldehydes is 1. The highest BCUT2D eigenvalue weighted by molar-refractivity contribution is 5.74. The zero-order valence-electron chi connectivity index (χ0n) is 7.03. The minimum Gasteiger partial charge on any atom is -0.400 e. The molecule has 0 fully saturated rings. The van der Waals surface area contributed by atoms with Crippen molar-refractivity contribution < 1.29 is 9.90 Å². The molecule has 0 bridgehead atoms. The molecule has 0 unspecified atom stereocenters. The van der Waals surface area contributed by atoms with E-state index in [-0.39, 0.29) is 0 Å². The third-order valence-electron chi connectivity index (χ3n) is 1.32. The van der Waals surface area contributed by atoms with Crippen molar-refractivity contribution in [2.75, 3.05) is 7.11 Å². The van der Waals surface area contributed by atoms with Crippen molar-refractivity contribution in [3.05, 3.63) is 35.4 Å². The summed E-state index contributed by atoms with van der Waals surface area (Å²) < 4.78 is 0. The third-order valence-corrected chi connectivity index (χ3v) is 1.32. The van der Waals surface area contributed by atoms with E-state index in [0.29, 0.717) is 12.1 Å². The monoisotopic (exact) mass is 167 g/mol. The van der Waals surface area contributed by atoms with Gasteiger partial charge in [0.2, 0.25) is 0 Å². The number of hydrogen-bond donors (Lipinski definition) is 2. The van der Waals surface area contributed by atoms with Gasteiger partial charge in [-0.25, -0.2) is 0 Å². The lowest BCUT2D eigenvalue weighted by Crippen LogP contribution is -1.96. The first-order valence-corrected chi connectivity index (χ1v) is 3.55. The number of aliphatic hydroxyl groups is 1. The molecule has 0 atom stereocenters. The summed E-state index contributed by atoms with van der Waals surface area (Å²) in [5.74, 6) is 0. The number of hydrogen-bond acceptors (Lipinski definition) is 3. The van der Waals surface area contributed by atoms with E-state index in [1.807, 2.05) is 12.1 Å². The van der Waals surface area contributed by atoms with E-state index in [9.17, 15) is 4.79 Å². The van der Waals surface area contributed by atoms with Gasteiger partial charge in [0.25, 0.3) is 0 Å². The van der Waals surface area contributed by atoms with Crippen LogP contribution in [0.2, 0.25) is 0 Å². The van der Waals surface area contributed by atoms with E-state index in [2.05, 4.69) is 0 Å². The van der Waals surface area contributed by atoms with E-state index >= 15 is 0 Å². The van der Waals surface area contributed by atoms with Gasteiger partial charge in [-0.3, -0.25) is 4.79 Å². The molecule has 0 amide bonds. The fourth-order valence-electron chi connectivity index (χ4n) is 0.793. The van der Waals surface area contributed by atoms with Crippen LogP contribution >= 0.6 is 0 Å². The van der Waals surface area contributed by atoms with Gasteiger partial charge < -0.3 is 10.8 Å². The van der Waals surface area contributed by atoms with E-state index in [0.717, 1.165) is 19.0 Å². The van der Waals surface area contributed by atoms with Crippen LogP contribution in [0.1, 0.15) is 15.9 Å². The van der Waals surface area contributed by atoms with Gasteiger partial charge in [-0.2, -0.15) is 0 Å². The number of aliphatic hydroxyl groups excluding tert-OH is 1. The molecule has 0 radical (unpaired) electrons. The first-order chi connectivity index (χ1) is 5.86. The van der Waals surface area contributed by atoms with Crippen LogP contribution in [0.15, 0.2) is 24.3 Å². The second-order valence-electron chi connectivity index (χ2n) is 2.07. The van der Waals surface area contributed by atoms with Gasteiger partial charge in [-0.05, 0) is 11.6 Å². The summed E-state index contributed by atoms with van der Waals surface area (Å²) in [4.78, 5) is 10.2. The average Bonchev–Trinajstić information content (AvgIpc) is 2.21. The summed E-state index contributed by atoms with van der Waals surface area (Å²) in [6.07, 6.45) is 0.819. The fraction of sp³-hybridized carbons (Fsp3) is 0.222. The Labute approximate surface area is 71.8 Å². The van der Waals surface area contributed by atoms with E-state index in [4.69, 9.17) is 10.8 Å². The minimum atomic E-state index is 0.488. The number of benzene rings is 1. The van der Waals surface area contributed by atoms with E-state index in [1.165, 1.54) is 0 Å². The predicted octanol–water partition coefficient (Wildman–Crippen LogP) is 0.566. The van der Waals surface area contributed by atoms with Crippen LogP contribution in [-0.4, -0.2) is 18.5 Å². The Morgan fingerprint density at radius 3 is 2.67 bits per heavy atom. The summed E-state index contributed by atoms with van der Waals surface area (Å²) in [6.45, 7) is 0.488. The van der Waals surface area contributed by atoms with Crippen LogP contribution in [-0.2, 0) is 6.54 Å². The smallest absolute Gasteiger partial charge is 0.150 e. The molecular formula is C9H13NO2. The summed E-state index contributed by atoms with van der Waals surface area (Å²) in [6, 6.07) is 7.26. The molecule has 1 aromatic rings. The van der Waals surface area contributed by atoms with Crippen LogP contribution in [0.4, 0.5) is 0 Å². The Hall–Kier alpha value is -1.19. The lowest BCUT2D eigenvalue weighted by atomic mass is 10.1.